The first kappa shape index (κ1) is 12.8. The van der Waals surface area contributed by atoms with E-state index in [0.717, 1.165) is 10.2 Å². The highest BCUT2D eigenvalue weighted by molar-refractivity contribution is 7.22. The zero-order valence-corrected chi connectivity index (χ0v) is 11.8. The zero-order valence-electron chi connectivity index (χ0n) is 11.0. The van der Waals surface area contributed by atoms with Gasteiger partial charge in [-0.15, -0.1) is 0 Å². The Kier molecular flexibility index (Phi) is 3.26. The maximum Gasteiger partial charge on any atom is 0.320 e. The molecule has 0 aliphatic heterocycles. The van der Waals surface area contributed by atoms with E-state index in [9.17, 15) is 4.79 Å². The van der Waals surface area contributed by atoms with Crippen LogP contribution in [0.1, 0.15) is 26.3 Å². The number of anilines is 1. The molecule has 1 aromatic carbocycles. The van der Waals surface area contributed by atoms with Crippen LogP contribution < -0.4 is 10.6 Å². The molecule has 0 saturated carbocycles. The van der Waals surface area contributed by atoms with Gasteiger partial charge in [-0.1, -0.05) is 38.2 Å². The Bertz CT molecular complexity index is 583. The molecule has 2 aromatic rings. The molecule has 5 heteroatoms. The quantitative estimate of drug-likeness (QED) is 0.829. The second kappa shape index (κ2) is 4.57. The number of carbonyl (C=O) groups is 1. The minimum absolute atomic E-state index is 0.118. The van der Waals surface area contributed by atoms with Crippen molar-refractivity contribution in [2.75, 3.05) is 12.4 Å². The third-order valence-corrected chi connectivity index (χ3v) is 3.64. The average Bonchev–Trinajstić information content (AvgIpc) is 2.68. The van der Waals surface area contributed by atoms with Crippen molar-refractivity contribution in [3.63, 3.8) is 0 Å². The van der Waals surface area contributed by atoms with Crippen LogP contribution in [0, 0.1) is 0 Å². The highest BCUT2D eigenvalue weighted by atomic mass is 32.1. The number of rotatable bonds is 1. The molecule has 2 N–H and O–H groups in total. The summed E-state index contributed by atoms with van der Waals surface area (Å²) >= 11 is 1.49. The van der Waals surface area contributed by atoms with Gasteiger partial charge in [-0.3, -0.25) is 5.32 Å². The molecule has 1 aromatic heterocycles. The van der Waals surface area contributed by atoms with E-state index in [0.29, 0.717) is 5.13 Å². The second-order valence-electron chi connectivity index (χ2n) is 5.16. The third kappa shape index (κ3) is 2.61. The normalized spacial score (nSPS) is 11.6. The van der Waals surface area contributed by atoms with Crippen molar-refractivity contribution in [2.24, 2.45) is 0 Å². The largest absolute Gasteiger partial charge is 0.341 e. The van der Waals surface area contributed by atoms with Crippen LogP contribution in [0.15, 0.2) is 18.2 Å². The molecular formula is C13H17N3OS. The smallest absolute Gasteiger partial charge is 0.320 e. The molecule has 0 radical (unpaired) electrons. The molecule has 18 heavy (non-hydrogen) atoms. The molecule has 0 spiro atoms. The monoisotopic (exact) mass is 263 g/mol. The lowest BCUT2D eigenvalue weighted by molar-refractivity contribution is 0.254. The van der Waals surface area contributed by atoms with Crippen molar-refractivity contribution in [1.82, 2.24) is 10.3 Å². The van der Waals surface area contributed by atoms with E-state index < -0.39 is 0 Å². The molecule has 0 aliphatic rings. The predicted octanol–water partition coefficient (Wildman–Crippen LogP) is 3.35. The fraction of sp³-hybridized carbons (Fsp3) is 0.385. The lowest BCUT2D eigenvalue weighted by atomic mass is 9.87. The van der Waals surface area contributed by atoms with Gasteiger partial charge in [-0.2, -0.15) is 0 Å². The highest BCUT2D eigenvalue weighted by Gasteiger charge is 2.15. The van der Waals surface area contributed by atoms with Crippen LogP contribution in [0.25, 0.3) is 10.2 Å². The first-order chi connectivity index (χ1) is 8.40. The summed E-state index contributed by atoms with van der Waals surface area (Å²) in [5.41, 5.74) is 2.30. The van der Waals surface area contributed by atoms with Crippen LogP contribution in [-0.2, 0) is 5.41 Å². The van der Waals surface area contributed by atoms with Crippen molar-refractivity contribution in [1.29, 1.82) is 0 Å². The Morgan fingerprint density at radius 3 is 2.67 bits per heavy atom. The van der Waals surface area contributed by atoms with E-state index >= 15 is 0 Å². The van der Waals surface area contributed by atoms with Crippen molar-refractivity contribution in [3.8, 4) is 0 Å². The number of hydrogen-bond donors (Lipinski definition) is 2. The Morgan fingerprint density at radius 1 is 1.33 bits per heavy atom. The molecular weight excluding hydrogens is 246 g/mol. The summed E-state index contributed by atoms with van der Waals surface area (Å²) in [5.74, 6) is 0. The molecule has 0 saturated heterocycles. The number of nitrogens with zero attached hydrogens (tertiary/aromatic N) is 1. The Labute approximate surface area is 110 Å². The Balaban J connectivity index is 2.37. The standard InChI is InChI=1S/C13H17N3OS/c1-13(2,3)8-5-6-9-10(7-8)18-12(15-9)16-11(17)14-4/h5-7H,1-4H3,(H2,14,15,16,17). The molecule has 2 rings (SSSR count). The first-order valence-corrected chi connectivity index (χ1v) is 6.61. The van der Waals surface area contributed by atoms with Crippen LogP contribution in [0.3, 0.4) is 0 Å². The molecule has 0 aliphatic carbocycles. The summed E-state index contributed by atoms with van der Waals surface area (Å²) in [7, 11) is 1.58. The summed E-state index contributed by atoms with van der Waals surface area (Å²) in [5, 5.41) is 5.83. The predicted molar refractivity (Wildman–Crippen MR) is 76.4 cm³/mol. The van der Waals surface area contributed by atoms with Gasteiger partial charge >= 0.3 is 6.03 Å². The SMILES string of the molecule is CNC(=O)Nc1nc2ccc(C(C)(C)C)cc2s1. The maximum absolute atomic E-state index is 11.2. The highest BCUT2D eigenvalue weighted by Crippen LogP contribution is 2.31. The minimum Gasteiger partial charge on any atom is -0.341 e. The number of urea groups is 1. The van der Waals surface area contributed by atoms with Gasteiger partial charge in [0.1, 0.15) is 0 Å². The molecule has 0 atom stereocenters. The zero-order chi connectivity index (χ0) is 13.3. The van der Waals surface area contributed by atoms with Gasteiger partial charge in [0.05, 0.1) is 10.2 Å². The molecule has 1 heterocycles. The number of amides is 2. The van der Waals surface area contributed by atoms with Gasteiger partial charge in [0.15, 0.2) is 5.13 Å². The number of fused-ring (bicyclic) bond motifs is 1. The third-order valence-electron chi connectivity index (χ3n) is 2.70. The lowest BCUT2D eigenvalue weighted by Crippen LogP contribution is -2.24. The van der Waals surface area contributed by atoms with E-state index in [-0.39, 0.29) is 11.4 Å². The minimum atomic E-state index is -0.245. The van der Waals surface area contributed by atoms with E-state index in [1.807, 2.05) is 6.07 Å². The summed E-state index contributed by atoms with van der Waals surface area (Å²) < 4.78 is 1.09. The van der Waals surface area contributed by atoms with Crippen LogP contribution in [0.5, 0.6) is 0 Å². The van der Waals surface area contributed by atoms with Crippen molar-refractivity contribution < 1.29 is 4.79 Å². The molecule has 0 unspecified atom stereocenters. The number of benzene rings is 1. The fourth-order valence-electron chi connectivity index (χ4n) is 1.60. The van der Waals surface area contributed by atoms with Gasteiger partial charge in [-0.05, 0) is 23.1 Å². The summed E-state index contributed by atoms with van der Waals surface area (Å²) in [6.07, 6.45) is 0. The number of carbonyl (C=O) groups excluding carboxylic acids is 1. The number of nitrogens with one attached hydrogen (secondary N) is 2. The molecule has 0 fully saturated rings. The van der Waals surface area contributed by atoms with Crippen LogP contribution >= 0.6 is 11.3 Å². The second-order valence-corrected chi connectivity index (χ2v) is 6.19. The topological polar surface area (TPSA) is 54.0 Å². The number of thiazole rings is 1. The van der Waals surface area contributed by atoms with E-state index in [1.165, 1.54) is 16.9 Å². The van der Waals surface area contributed by atoms with Crippen molar-refractivity contribution in [3.05, 3.63) is 23.8 Å². The Morgan fingerprint density at radius 2 is 2.06 bits per heavy atom. The Hall–Kier alpha value is -1.62. The average molecular weight is 263 g/mol. The molecule has 0 bridgehead atoms. The van der Waals surface area contributed by atoms with Crippen LogP contribution in [-0.4, -0.2) is 18.1 Å². The van der Waals surface area contributed by atoms with Crippen molar-refractivity contribution in [2.45, 2.75) is 26.2 Å². The summed E-state index contributed by atoms with van der Waals surface area (Å²) in [6.45, 7) is 6.54. The van der Waals surface area contributed by atoms with Gasteiger partial charge in [0, 0.05) is 7.05 Å². The fourth-order valence-corrected chi connectivity index (χ4v) is 2.50. The van der Waals surface area contributed by atoms with E-state index in [1.54, 1.807) is 7.05 Å². The molecule has 4 nitrogen and oxygen atoms in total. The summed E-state index contributed by atoms with van der Waals surface area (Å²) in [4.78, 5) is 15.6. The molecule has 2 amide bonds. The lowest BCUT2D eigenvalue weighted by Gasteiger charge is -2.18. The number of aromatic nitrogens is 1. The van der Waals surface area contributed by atoms with Gasteiger partial charge in [-0.25, -0.2) is 9.78 Å². The van der Waals surface area contributed by atoms with Gasteiger partial charge in [0.2, 0.25) is 0 Å². The van der Waals surface area contributed by atoms with Crippen LogP contribution in [0.2, 0.25) is 0 Å². The maximum atomic E-state index is 11.2. The molecule has 96 valence electrons. The first-order valence-electron chi connectivity index (χ1n) is 5.80. The number of hydrogen-bond acceptors (Lipinski definition) is 3. The van der Waals surface area contributed by atoms with E-state index in [2.05, 4.69) is 48.5 Å². The van der Waals surface area contributed by atoms with Crippen LogP contribution in [0.4, 0.5) is 9.93 Å². The summed E-state index contributed by atoms with van der Waals surface area (Å²) in [6, 6.07) is 5.99. The van der Waals surface area contributed by atoms with Gasteiger partial charge in [0.25, 0.3) is 0 Å². The van der Waals surface area contributed by atoms with Gasteiger partial charge < -0.3 is 5.32 Å². The van der Waals surface area contributed by atoms with E-state index in [4.69, 9.17) is 0 Å². The van der Waals surface area contributed by atoms with Crippen molar-refractivity contribution >= 4 is 32.7 Å².